The van der Waals surface area contributed by atoms with Gasteiger partial charge in [-0.05, 0) is 24.3 Å². The molecule has 4 nitrogen and oxygen atoms in total. The number of hydrogen-bond donors (Lipinski definition) is 0. The van der Waals surface area contributed by atoms with Crippen molar-refractivity contribution in [1.29, 1.82) is 0 Å². The van der Waals surface area contributed by atoms with E-state index in [0.29, 0.717) is 11.3 Å². The number of alkyl halides is 24. The van der Waals surface area contributed by atoms with E-state index < -0.39 is 195 Å². The number of carbonyl (C=O) groups excluding carboxylic acids is 2. The van der Waals surface area contributed by atoms with E-state index in [1.807, 2.05) is 32.0 Å². The van der Waals surface area contributed by atoms with Gasteiger partial charge in [0.2, 0.25) is 12.3 Å². The lowest BCUT2D eigenvalue weighted by Crippen LogP contribution is -2.75. The van der Waals surface area contributed by atoms with Crippen molar-refractivity contribution in [2.45, 2.75) is 69.8 Å². The van der Waals surface area contributed by atoms with Crippen LogP contribution >= 0.6 is 0 Å². The van der Waals surface area contributed by atoms with Crippen molar-refractivity contribution in [2.24, 2.45) is 5.92 Å². The van der Waals surface area contributed by atoms with E-state index in [4.69, 9.17) is 0 Å². The molecule has 414 valence electrons. The molecule has 1 heterocycles. The van der Waals surface area contributed by atoms with Crippen molar-refractivity contribution in [1.82, 2.24) is 4.98 Å². The molecule has 0 N–H and O–H groups in total. The Hall–Kier alpha value is -7.10. The van der Waals surface area contributed by atoms with Crippen LogP contribution in [-0.4, -0.2) is 22.7 Å². The van der Waals surface area contributed by atoms with Crippen molar-refractivity contribution < 1.29 is 120 Å². The molecule has 6 rings (SSSR count). The number of benzene rings is 5. The summed E-state index contributed by atoms with van der Waals surface area (Å²) in [6, 6.07) is 0.288. The van der Waals surface area contributed by atoms with E-state index >= 15 is 0 Å². The highest BCUT2D eigenvalue weighted by Crippen LogP contribution is 2.41. The van der Waals surface area contributed by atoms with E-state index in [-0.39, 0.29) is 24.0 Å². The number of halogens is 24. The first-order valence-electron chi connectivity index (χ1n) is 21.2. The van der Waals surface area contributed by atoms with Crippen molar-refractivity contribution in [3.63, 3.8) is 0 Å². The smallest absolute Gasteiger partial charge is 0.292 e. The number of hydrogen-bond acceptors (Lipinski definition) is 3. The van der Waals surface area contributed by atoms with Gasteiger partial charge in [-0.2, -0.15) is 132 Å². The van der Waals surface area contributed by atoms with E-state index in [9.17, 15) is 115 Å². The second-order valence-electron chi connectivity index (χ2n) is 17.1. The van der Waals surface area contributed by atoms with Crippen LogP contribution in [0.25, 0.3) is 0 Å². The number of rotatable bonds is 9. The molecule has 0 bridgehead atoms. The molecule has 0 atom stereocenters. The van der Waals surface area contributed by atoms with Gasteiger partial charge in [0, 0.05) is 11.5 Å². The minimum Gasteiger partial charge on any atom is -0.292 e. The number of ketones is 2. The topological polar surface area (TPSA) is 50.9 Å². The highest BCUT2D eigenvalue weighted by atomic mass is 19.4. The van der Waals surface area contributed by atoms with Crippen LogP contribution in [-0.2, 0) is 56.0 Å². The summed E-state index contributed by atoms with van der Waals surface area (Å²) < 4.78 is 343. The summed E-state index contributed by atoms with van der Waals surface area (Å²) in [5.41, 5.74) is -29.2. The molecule has 0 spiro atoms. The SMILES string of the molecule is CC(C)C(=O)c1c[n+](CC(=O)c2ccccc2)ccn1.FC(F)(F)c1cc([B-](c2cc(C(F)(F)F)cc(C(F)(F)F)c2)(c2cc(C(F)(F)F)cc(C(F)(F)F)c2)c2cc(C(F)(F)F)cc(C(F)(F)F)c2)cc(C(F)(F)F)c1. The molecule has 0 unspecified atom stereocenters. The monoisotopic (exact) mass is 1130 g/mol. The van der Waals surface area contributed by atoms with Crippen molar-refractivity contribution in [3.05, 3.63) is 177 Å². The Bertz CT molecular complexity index is 2690. The second-order valence-corrected chi connectivity index (χ2v) is 17.1. The highest BCUT2D eigenvalue weighted by Gasteiger charge is 2.47. The maximum Gasteiger partial charge on any atom is 0.416 e. The average molecular weight is 1130 g/mol. The Kier molecular flexibility index (Phi) is 16.6. The number of aromatic nitrogens is 2. The largest absolute Gasteiger partial charge is 0.416 e. The quantitative estimate of drug-likeness (QED) is 0.0627. The molecule has 0 amide bonds. The maximum atomic E-state index is 14.2. The van der Waals surface area contributed by atoms with Crippen molar-refractivity contribution >= 4 is 39.6 Å². The van der Waals surface area contributed by atoms with Crippen LogP contribution in [0.3, 0.4) is 0 Å². The highest BCUT2D eigenvalue weighted by molar-refractivity contribution is 7.20. The van der Waals surface area contributed by atoms with Gasteiger partial charge in [0.1, 0.15) is 6.15 Å². The van der Waals surface area contributed by atoms with Gasteiger partial charge in [-0.25, -0.2) is 4.98 Å². The molecular weight excluding hydrogens is 1100 g/mol. The van der Waals surface area contributed by atoms with Gasteiger partial charge in [-0.1, -0.05) is 92.7 Å². The van der Waals surface area contributed by atoms with Crippen LogP contribution < -0.4 is 26.4 Å². The number of carbonyl (C=O) groups is 2. The lowest BCUT2D eigenvalue weighted by atomic mass is 9.12. The van der Waals surface area contributed by atoms with Crippen LogP contribution in [0.1, 0.15) is 79.2 Å². The van der Waals surface area contributed by atoms with Crippen molar-refractivity contribution in [3.8, 4) is 0 Å². The Morgan fingerprint density at radius 2 is 0.688 bits per heavy atom. The van der Waals surface area contributed by atoms with Gasteiger partial charge in [0.05, 0.1) is 50.7 Å². The summed E-state index contributed by atoms with van der Waals surface area (Å²) in [6.45, 7) is 3.86. The molecule has 0 saturated heterocycles. The predicted molar refractivity (Wildman–Crippen MR) is 224 cm³/mol. The number of nitrogens with zero attached hydrogens (tertiary/aromatic N) is 2. The molecular formula is C48H29BF24N2O2. The van der Waals surface area contributed by atoms with E-state index in [2.05, 4.69) is 4.98 Å². The van der Waals surface area contributed by atoms with Gasteiger partial charge in [-0.3, -0.25) is 9.59 Å². The molecule has 0 fully saturated rings. The third-order valence-electron chi connectivity index (χ3n) is 11.4. The zero-order chi connectivity index (χ0) is 58.4. The van der Waals surface area contributed by atoms with Gasteiger partial charge in [-0.15, -0.1) is 0 Å². The third kappa shape index (κ3) is 14.3. The molecule has 6 aromatic rings. The zero-order valence-electron chi connectivity index (χ0n) is 38.2. The Morgan fingerprint density at radius 1 is 0.429 bits per heavy atom. The summed E-state index contributed by atoms with van der Waals surface area (Å²) >= 11 is 0. The Balaban J connectivity index is 0.000000455. The lowest BCUT2D eigenvalue weighted by Gasteiger charge is -2.46. The molecule has 77 heavy (non-hydrogen) atoms. The standard InChI is InChI=1S/C32H12BF24.C16H17N2O2/c34-25(35,36)13-1-14(26(37,38)39)6-21(5-13)33(22-7-15(27(40,41)42)2-16(8-22)28(43,44)45,23-9-17(29(46,47)48)3-18(10-23)30(49,50)51)24-11-19(31(52,53)54)4-20(12-24)32(55,56)57;1-12(2)16(20)14-10-18(9-8-17-14)11-15(19)13-6-4-3-5-7-13/h1-12H;3-10,12H,11H2,1-2H3/q-1;+1. The van der Waals surface area contributed by atoms with Gasteiger partial charge >= 0.3 is 49.4 Å². The van der Waals surface area contributed by atoms with E-state index in [1.165, 1.54) is 0 Å². The van der Waals surface area contributed by atoms with Crippen molar-refractivity contribution in [2.75, 3.05) is 0 Å². The van der Waals surface area contributed by atoms with Gasteiger partial charge < -0.3 is 0 Å². The van der Waals surface area contributed by atoms with Crippen LogP contribution in [0.5, 0.6) is 0 Å². The fourth-order valence-electron chi connectivity index (χ4n) is 7.91. The Morgan fingerprint density at radius 3 is 0.922 bits per heavy atom. The van der Waals surface area contributed by atoms with Crippen LogP contribution in [0, 0.1) is 5.92 Å². The zero-order valence-corrected chi connectivity index (χ0v) is 38.2. The maximum absolute atomic E-state index is 14.2. The molecule has 5 aromatic carbocycles. The minimum absolute atomic E-state index is 0.00439. The van der Waals surface area contributed by atoms with Gasteiger partial charge in [0.25, 0.3) is 0 Å². The fourth-order valence-corrected chi connectivity index (χ4v) is 7.91. The molecule has 0 aliphatic carbocycles. The second kappa shape index (κ2) is 21.0. The molecule has 1 aromatic heterocycles. The lowest BCUT2D eigenvalue weighted by molar-refractivity contribution is -0.683. The first-order valence-corrected chi connectivity index (χ1v) is 21.2. The summed E-state index contributed by atoms with van der Waals surface area (Å²) in [4.78, 5) is 28.1. The van der Waals surface area contributed by atoms with Crippen LogP contribution in [0.2, 0.25) is 0 Å². The normalized spacial score (nSPS) is 13.3. The third-order valence-corrected chi connectivity index (χ3v) is 11.4. The first kappa shape index (κ1) is 60.8. The molecule has 29 heteroatoms. The van der Waals surface area contributed by atoms with Gasteiger partial charge in [0.15, 0.2) is 23.9 Å². The first-order chi connectivity index (χ1) is 34.8. The molecule has 0 aliphatic rings. The molecule has 0 radical (unpaired) electrons. The van der Waals surface area contributed by atoms with E-state index in [0.717, 1.165) is 0 Å². The molecule has 0 saturated carbocycles. The van der Waals surface area contributed by atoms with Crippen LogP contribution in [0.15, 0.2) is 122 Å². The Labute approximate surface area is 416 Å². The fraction of sp³-hybridized carbons (Fsp3) is 0.250. The summed E-state index contributed by atoms with van der Waals surface area (Å²) in [6.07, 6.45) is -49.9. The minimum atomic E-state index is -6.13. The summed E-state index contributed by atoms with van der Waals surface area (Å²) in [7, 11) is 0. The predicted octanol–water partition coefficient (Wildman–Crippen LogP) is 13.3. The number of Topliss-reactive ketones (excluding diaryl/α,β-unsaturated/α-hetero) is 2. The average Bonchev–Trinajstić information content (AvgIpc) is 3.29. The van der Waals surface area contributed by atoms with E-state index in [1.54, 1.807) is 35.3 Å². The van der Waals surface area contributed by atoms with Crippen LogP contribution in [0.4, 0.5) is 105 Å². The summed E-state index contributed by atoms with van der Waals surface area (Å²) in [5.74, 6) is -0.126. The molecule has 0 aliphatic heterocycles. The summed E-state index contributed by atoms with van der Waals surface area (Å²) in [5, 5.41) is 0.